The number of ether oxygens (including phenoxy) is 1. The van der Waals surface area contributed by atoms with E-state index in [0.29, 0.717) is 6.61 Å². The van der Waals surface area contributed by atoms with Crippen molar-refractivity contribution in [3.8, 4) is 5.75 Å². The fourth-order valence-corrected chi connectivity index (χ4v) is 2.42. The third-order valence-electron chi connectivity index (χ3n) is 2.62. The van der Waals surface area contributed by atoms with Crippen molar-refractivity contribution in [2.24, 2.45) is 0 Å². The van der Waals surface area contributed by atoms with Gasteiger partial charge in [0.1, 0.15) is 5.75 Å². The molecule has 0 saturated carbocycles. The van der Waals surface area contributed by atoms with Crippen LogP contribution in [0.1, 0.15) is 25.3 Å². The highest BCUT2D eigenvalue weighted by Gasteiger charge is 2.36. The Bertz CT molecular complexity index is 355. The van der Waals surface area contributed by atoms with Gasteiger partial charge in [0.05, 0.1) is 18.1 Å². The summed E-state index contributed by atoms with van der Waals surface area (Å²) in [4.78, 5) is 0. The van der Waals surface area contributed by atoms with Gasteiger partial charge in [-0.2, -0.15) is 0 Å². The van der Waals surface area contributed by atoms with Gasteiger partial charge in [0, 0.05) is 10.0 Å². The molecule has 14 heavy (non-hydrogen) atoms. The lowest BCUT2D eigenvalue weighted by Gasteiger charge is -2.24. The van der Waals surface area contributed by atoms with Crippen molar-refractivity contribution >= 4 is 15.9 Å². The van der Waals surface area contributed by atoms with E-state index in [2.05, 4.69) is 15.9 Å². The summed E-state index contributed by atoms with van der Waals surface area (Å²) in [5.74, 6) is 0.930. The SMILES string of the molecule is CC(C)(O)C1COc2cccc(Br)c21. The lowest BCUT2D eigenvalue weighted by atomic mass is 9.86. The summed E-state index contributed by atoms with van der Waals surface area (Å²) in [6.45, 7) is 4.19. The van der Waals surface area contributed by atoms with Gasteiger partial charge in [-0.3, -0.25) is 0 Å². The predicted octanol–water partition coefficient (Wildman–Crippen LogP) is 2.70. The zero-order valence-electron chi connectivity index (χ0n) is 8.25. The molecule has 2 nitrogen and oxygen atoms in total. The molecule has 76 valence electrons. The van der Waals surface area contributed by atoms with E-state index >= 15 is 0 Å². The number of hydrogen-bond acceptors (Lipinski definition) is 2. The van der Waals surface area contributed by atoms with Crippen LogP contribution in [0.2, 0.25) is 0 Å². The standard InChI is InChI=1S/C11H13BrO2/c1-11(2,13)7-6-14-9-5-3-4-8(12)10(7)9/h3-5,7,13H,6H2,1-2H3. The van der Waals surface area contributed by atoms with Gasteiger partial charge in [-0.1, -0.05) is 22.0 Å². The van der Waals surface area contributed by atoms with E-state index in [4.69, 9.17) is 4.74 Å². The van der Waals surface area contributed by atoms with Crippen LogP contribution in [0.5, 0.6) is 5.75 Å². The Morgan fingerprint density at radius 2 is 2.21 bits per heavy atom. The van der Waals surface area contributed by atoms with Crippen LogP contribution < -0.4 is 4.74 Å². The second kappa shape index (κ2) is 3.24. The lowest BCUT2D eigenvalue weighted by Crippen LogP contribution is -2.30. The van der Waals surface area contributed by atoms with Crippen LogP contribution in [-0.2, 0) is 0 Å². The molecule has 3 heteroatoms. The zero-order chi connectivity index (χ0) is 10.3. The van der Waals surface area contributed by atoms with E-state index in [1.54, 1.807) is 0 Å². The minimum atomic E-state index is -0.741. The van der Waals surface area contributed by atoms with Crippen molar-refractivity contribution in [1.82, 2.24) is 0 Å². The summed E-state index contributed by atoms with van der Waals surface area (Å²) in [5.41, 5.74) is 0.342. The van der Waals surface area contributed by atoms with Gasteiger partial charge in [0.25, 0.3) is 0 Å². The molecule has 0 aliphatic carbocycles. The smallest absolute Gasteiger partial charge is 0.124 e. The highest BCUT2D eigenvalue weighted by atomic mass is 79.9. The van der Waals surface area contributed by atoms with E-state index in [9.17, 15) is 5.11 Å². The lowest BCUT2D eigenvalue weighted by molar-refractivity contribution is 0.0420. The fraction of sp³-hybridized carbons (Fsp3) is 0.455. The molecule has 1 aromatic carbocycles. The quantitative estimate of drug-likeness (QED) is 0.838. The monoisotopic (exact) mass is 256 g/mol. The minimum absolute atomic E-state index is 0.0491. The molecule has 0 saturated heterocycles. The predicted molar refractivity (Wildman–Crippen MR) is 58.7 cm³/mol. The largest absolute Gasteiger partial charge is 0.492 e. The summed E-state index contributed by atoms with van der Waals surface area (Å²) >= 11 is 3.49. The summed E-state index contributed by atoms with van der Waals surface area (Å²) in [5, 5.41) is 9.99. The Morgan fingerprint density at radius 1 is 1.50 bits per heavy atom. The van der Waals surface area contributed by atoms with E-state index in [1.807, 2.05) is 32.0 Å². The second-order valence-electron chi connectivity index (χ2n) is 4.17. The normalized spacial score (nSPS) is 20.4. The van der Waals surface area contributed by atoms with Crippen molar-refractivity contribution in [3.63, 3.8) is 0 Å². The molecule has 1 N–H and O–H groups in total. The van der Waals surface area contributed by atoms with Gasteiger partial charge < -0.3 is 9.84 Å². The molecule has 1 aromatic rings. The maximum atomic E-state index is 9.99. The van der Waals surface area contributed by atoms with Gasteiger partial charge in [-0.25, -0.2) is 0 Å². The summed E-state index contributed by atoms with van der Waals surface area (Å²) < 4.78 is 6.54. The molecule has 0 radical (unpaired) electrons. The first-order valence-electron chi connectivity index (χ1n) is 4.64. The van der Waals surface area contributed by atoms with Gasteiger partial charge >= 0.3 is 0 Å². The maximum Gasteiger partial charge on any atom is 0.124 e. The minimum Gasteiger partial charge on any atom is -0.492 e. The number of halogens is 1. The molecule has 1 aliphatic rings. The van der Waals surface area contributed by atoms with Crippen molar-refractivity contribution in [1.29, 1.82) is 0 Å². The van der Waals surface area contributed by atoms with Crippen LogP contribution in [-0.4, -0.2) is 17.3 Å². The molecule has 0 fully saturated rings. The summed E-state index contributed by atoms with van der Waals surface area (Å²) in [6.07, 6.45) is 0. The Morgan fingerprint density at radius 3 is 2.86 bits per heavy atom. The first-order chi connectivity index (χ1) is 6.50. The maximum absolute atomic E-state index is 9.99. The Kier molecular flexibility index (Phi) is 2.32. The molecule has 1 atom stereocenters. The van der Waals surface area contributed by atoms with E-state index in [1.165, 1.54) is 0 Å². The number of fused-ring (bicyclic) bond motifs is 1. The molecule has 0 amide bonds. The van der Waals surface area contributed by atoms with Gasteiger partial charge in [-0.05, 0) is 26.0 Å². The van der Waals surface area contributed by atoms with Gasteiger partial charge in [0.15, 0.2) is 0 Å². The summed E-state index contributed by atoms with van der Waals surface area (Å²) in [6, 6.07) is 5.85. The molecule has 0 aromatic heterocycles. The average Bonchev–Trinajstić information content (AvgIpc) is 2.47. The molecule has 0 spiro atoms. The van der Waals surface area contributed by atoms with Crippen LogP contribution in [0.15, 0.2) is 22.7 Å². The molecular formula is C11H13BrO2. The molecule has 1 heterocycles. The van der Waals surface area contributed by atoms with Crippen LogP contribution in [0.25, 0.3) is 0 Å². The highest BCUT2D eigenvalue weighted by molar-refractivity contribution is 9.10. The number of rotatable bonds is 1. The van der Waals surface area contributed by atoms with Crippen molar-refractivity contribution in [2.75, 3.05) is 6.61 Å². The van der Waals surface area contributed by atoms with Gasteiger partial charge in [0.2, 0.25) is 0 Å². The van der Waals surface area contributed by atoms with E-state index < -0.39 is 5.60 Å². The fourth-order valence-electron chi connectivity index (χ4n) is 1.79. The van der Waals surface area contributed by atoms with Crippen LogP contribution >= 0.6 is 15.9 Å². The first-order valence-corrected chi connectivity index (χ1v) is 5.43. The number of aliphatic hydroxyl groups is 1. The third kappa shape index (κ3) is 1.55. The van der Waals surface area contributed by atoms with E-state index in [-0.39, 0.29) is 5.92 Å². The molecular weight excluding hydrogens is 244 g/mol. The van der Waals surface area contributed by atoms with Crippen LogP contribution in [0, 0.1) is 0 Å². The topological polar surface area (TPSA) is 29.5 Å². The summed E-state index contributed by atoms with van der Waals surface area (Å²) in [7, 11) is 0. The Labute approximate surface area is 92.0 Å². The van der Waals surface area contributed by atoms with Gasteiger partial charge in [-0.15, -0.1) is 0 Å². The number of hydrogen-bond donors (Lipinski definition) is 1. The van der Waals surface area contributed by atoms with Crippen molar-refractivity contribution in [3.05, 3.63) is 28.2 Å². The van der Waals surface area contributed by atoms with Crippen LogP contribution in [0.4, 0.5) is 0 Å². The first kappa shape index (κ1) is 9.99. The van der Waals surface area contributed by atoms with Crippen LogP contribution in [0.3, 0.4) is 0 Å². The van der Waals surface area contributed by atoms with E-state index in [0.717, 1.165) is 15.8 Å². The zero-order valence-corrected chi connectivity index (χ0v) is 9.84. The average molecular weight is 257 g/mol. The molecule has 1 aliphatic heterocycles. The Hall–Kier alpha value is -0.540. The van der Waals surface area contributed by atoms with Crippen molar-refractivity contribution < 1.29 is 9.84 Å². The Balaban J connectivity index is 2.48. The molecule has 0 bridgehead atoms. The third-order valence-corrected chi connectivity index (χ3v) is 3.31. The number of benzene rings is 1. The molecule has 1 unspecified atom stereocenters. The molecule has 2 rings (SSSR count). The van der Waals surface area contributed by atoms with Crippen molar-refractivity contribution in [2.45, 2.75) is 25.4 Å². The highest BCUT2D eigenvalue weighted by Crippen LogP contribution is 2.43. The second-order valence-corrected chi connectivity index (χ2v) is 5.02.